The van der Waals surface area contributed by atoms with Crippen molar-refractivity contribution in [3.63, 3.8) is 0 Å². The molecule has 3 rings (SSSR count). The average Bonchev–Trinajstić information content (AvgIpc) is 2.83. The first-order valence-electron chi connectivity index (χ1n) is 6.25. The lowest BCUT2D eigenvalue weighted by molar-refractivity contribution is -0.118. The Morgan fingerprint density at radius 1 is 1.00 bits per heavy atom. The van der Waals surface area contributed by atoms with Crippen LogP contribution in [-0.4, -0.2) is 12.1 Å². The summed E-state index contributed by atoms with van der Waals surface area (Å²) in [5.74, 6) is -0.282. The molecule has 1 atom stereocenters. The number of carbonyl (C=O) groups is 1. The molecule has 94 valence electrons. The summed E-state index contributed by atoms with van der Waals surface area (Å²) in [4.78, 5) is 12.4. The van der Waals surface area contributed by atoms with Crippen molar-refractivity contribution < 1.29 is 4.79 Å². The van der Waals surface area contributed by atoms with Crippen molar-refractivity contribution >= 4 is 17.8 Å². The number of hydrogen-bond acceptors (Lipinski definition) is 2. The third kappa shape index (κ3) is 2.15. The Labute approximate surface area is 112 Å². The molecule has 0 saturated heterocycles. The van der Waals surface area contributed by atoms with Gasteiger partial charge in [0.1, 0.15) is 5.92 Å². The number of carbonyl (C=O) groups excluding carboxylic acids is 1. The predicted molar refractivity (Wildman–Crippen MR) is 76.3 cm³/mol. The highest BCUT2D eigenvalue weighted by atomic mass is 16.2. The molecule has 0 fully saturated rings. The van der Waals surface area contributed by atoms with Crippen LogP contribution in [0.3, 0.4) is 0 Å². The summed E-state index contributed by atoms with van der Waals surface area (Å²) in [7, 11) is 0. The third-order valence-corrected chi connectivity index (χ3v) is 3.24. The van der Waals surface area contributed by atoms with E-state index in [9.17, 15) is 4.79 Å². The minimum absolute atomic E-state index is 0.00458. The highest BCUT2D eigenvalue weighted by Crippen LogP contribution is 2.26. The van der Waals surface area contributed by atoms with Crippen LogP contribution in [-0.2, 0) is 4.79 Å². The molecule has 2 aromatic rings. The van der Waals surface area contributed by atoms with Gasteiger partial charge in [-0.1, -0.05) is 48.0 Å². The van der Waals surface area contributed by atoms with E-state index in [1.54, 1.807) is 6.21 Å². The molecule has 0 spiro atoms. The first kappa shape index (κ1) is 11.7. The fraction of sp³-hybridized carbons (Fsp3) is 0.125. The van der Waals surface area contributed by atoms with Crippen LogP contribution in [0.25, 0.3) is 0 Å². The number of hydrogen-bond donors (Lipinski definition) is 0. The van der Waals surface area contributed by atoms with E-state index in [2.05, 4.69) is 5.10 Å². The number of nitrogens with zero attached hydrogens (tertiary/aromatic N) is 2. The maximum absolute atomic E-state index is 12.4. The maximum Gasteiger partial charge on any atom is 0.260 e. The third-order valence-electron chi connectivity index (χ3n) is 3.24. The predicted octanol–water partition coefficient (Wildman–Crippen LogP) is 3.11. The standard InChI is InChI=1S/C16H14N2O/c1-12-7-9-13(10-8-12)15-11-17-18(16(15)19)14-5-3-2-4-6-14/h2-11,15H,1H3/t15-/m0/s1. The van der Waals surface area contributed by atoms with Crippen molar-refractivity contribution in [3.8, 4) is 0 Å². The number of rotatable bonds is 2. The van der Waals surface area contributed by atoms with Crippen LogP contribution in [0.15, 0.2) is 59.7 Å². The van der Waals surface area contributed by atoms with E-state index in [1.165, 1.54) is 10.6 Å². The van der Waals surface area contributed by atoms with E-state index in [-0.39, 0.29) is 11.8 Å². The monoisotopic (exact) mass is 250 g/mol. The molecule has 1 aliphatic heterocycles. The van der Waals surface area contributed by atoms with Gasteiger partial charge < -0.3 is 0 Å². The van der Waals surface area contributed by atoms with E-state index in [1.807, 2.05) is 61.5 Å². The molecular weight excluding hydrogens is 236 g/mol. The molecule has 0 N–H and O–H groups in total. The Bertz CT molecular complexity index is 617. The topological polar surface area (TPSA) is 32.7 Å². The smallest absolute Gasteiger partial charge is 0.260 e. The van der Waals surface area contributed by atoms with E-state index >= 15 is 0 Å². The molecular formula is C16H14N2O. The van der Waals surface area contributed by atoms with Gasteiger partial charge in [0, 0.05) is 6.21 Å². The van der Waals surface area contributed by atoms with Gasteiger partial charge in [0.2, 0.25) is 0 Å². The Morgan fingerprint density at radius 3 is 2.37 bits per heavy atom. The lowest BCUT2D eigenvalue weighted by Gasteiger charge is -2.14. The Hall–Kier alpha value is -2.42. The fourth-order valence-electron chi connectivity index (χ4n) is 2.15. The summed E-state index contributed by atoms with van der Waals surface area (Å²) in [5.41, 5.74) is 2.97. The maximum atomic E-state index is 12.4. The van der Waals surface area contributed by atoms with Crippen molar-refractivity contribution in [2.24, 2.45) is 5.10 Å². The number of anilines is 1. The minimum atomic E-state index is -0.277. The largest absolute Gasteiger partial charge is 0.271 e. The van der Waals surface area contributed by atoms with Crippen molar-refractivity contribution in [3.05, 3.63) is 65.7 Å². The summed E-state index contributed by atoms with van der Waals surface area (Å²) in [5, 5.41) is 5.69. The second-order valence-electron chi connectivity index (χ2n) is 4.64. The summed E-state index contributed by atoms with van der Waals surface area (Å²) >= 11 is 0. The molecule has 19 heavy (non-hydrogen) atoms. The quantitative estimate of drug-likeness (QED) is 0.806. The SMILES string of the molecule is Cc1ccc([C@@H]2C=NN(c3ccccc3)C2=O)cc1. The highest BCUT2D eigenvalue weighted by Gasteiger charge is 2.30. The van der Waals surface area contributed by atoms with Crippen molar-refractivity contribution in [2.45, 2.75) is 12.8 Å². The zero-order valence-corrected chi connectivity index (χ0v) is 10.7. The Balaban J connectivity index is 1.87. The van der Waals surface area contributed by atoms with Gasteiger partial charge >= 0.3 is 0 Å². The van der Waals surface area contributed by atoms with Crippen LogP contribution < -0.4 is 5.01 Å². The van der Waals surface area contributed by atoms with Crippen LogP contribution in [0.5, 0.6) is 0 Å². The van der Waals surface area contributed by atoms with Crippen LogP contribution in [0.1, 0.15) is 17.0 Å². The van der Waals surface area contributed by atoms with Crippen molar-refractivity contribution in [2.75, 3.05) is 5.01 Å². The van der Waals surface area contributed by atoms with E-state index in [0.717, 1.165) is 11.3 Å². The van der Waals surface area contributed by atoms with Gasteiger partial charge in [-0.2, -0.15) is 5.10 Å². The van der Waals surface area contributed by atoms with Crippen LogP contribution in [0, 0.1) is 6.92 Å². The van der Waals surface area contributed by atoms with Crippen molar-refractivity contribution in [1.29, 1.82) is 0 Å². The van der Waals surface area contributed by atoms with Crippen LogP contribution in [0.2, 0.25) is 0 Å². The minimum Gasteiger partial charge on any atom is -0.271 e. The van der Waals surface area contributed by atoms with Gasteiger partial charge in [0.25, 0.3) is 5.91 Å². The summed E-state index contributed by atoms with van der Waals surface area (Å²) in [6, 6.07) is 17.5. The molecule has 0 aromatic heterocycles. The van der Waals surface area contributed by atoms with E-state index in [4.69, 9.17) is 0 Å². The second-order valence-corrected chi connectivity index (χ2v) is 4.64. The Morgan fingerprint density at radius 2 is 1.68 bits per heavy atom. The molecule has 2 aromatic carbocycles. The summed E-state index contributed by atoms with van der Waals surface area (Å²) in [6.45, 7) is 2.03. The Kier molecular flexibility index (Phi) is 2.88. The molecule has 0 radical (unpaired) electrons. The summed E-state index contributed by atoms with van der Waals surface area (Å²) in [6.07, 6.45) is 1.71. The van der Waals surface area contributed by atoms with Crippen LogP contribution in [0.4, 0.5) is 5.69 Å². The molecule has 1 amide bonds. The fourth-order valence-corrected chi connectivity index (χ4v) is 2.15. The van der Waals surface area contributed by atoms with Gasteiger partial charge in [-0.05, 0) is 24.6 Å². The molecule has 0 saturated carbocycles. The molecule has 3 heteroatoms. The van der Waals surface area contributed by atoms with Gasteiger partial charge in [-0.25, -0.2) is 5.01 Å². The second kappa shape index (κ2) is 4.69. The number of benzene rings is 2. The zero-order chi connectivity index (χ0) is 13.2. The number of hydrazone groups is 1. The molecule has 3 nitrogen and oxygen atoms in total. The van der Waals surface area contributed by atoms with Crippen LogP contribution >= 0.6 is 0 Å². The zero-order valence-electron chi connectivity index (χ0n) is 10.7. The molecule has 1 heterocycles. The molecule has 0 bridgehead atoms. The number of aryl methyl sites for hydroxylation is 1. The molecule has 0 unspecified atom stereocenters. The van der Waals surface area contributed by atoms with Crippen molar-refractivity contribution in [1.82, 2.24) is 0 Å². The number of amides is 1. The first-order valence-corrected chi connectivity index (χ1v) is 6.25. The lowest BCUT2D eigenvalue weighted by atomic mass is 9.99. The first-order chi connectivity index (χ1) is 9.25. The highest BCUT2D eigenvalue weighted by molar-refractivity contribution is 6.12. The summed E-state index contributed by atoms with van der Waals surface area (Å²) < 4.78 is 0. The van der Waals surface area contributed by atoms with Gasteiger partial charge in [-0.3, -0.25) is 4.79 Å². The number of para-hydroxylation sites is 1. The molecule has 0 aliphatic carbocycles. The lowest BCUT2D eigenvalue weighted by Crippen LogP contribution is -2.24. The van der Waals surface area contributed by atoms with E-state index in [0.29, 0.717) is 0 Å². The average molecular weight is 250 g/mol. The van der Waals surface area contributed by atoms with Gasteiger partial charge in [0.05, 0.1) is 5.69 Å². The van der Waals surface area contributed by atoms with Gasteiger partial charge in [0.15, 0.2) is 0 Å². The van der Waals surface area contributed by atoms with E-state index < -0.39 is 0 Å². The normalized spacial score (nSPS) is 18.1. The van der Waals surface area contributed by atoms with Gasteiger partial charge in [-0.15, -0.1) is 0 Å². The molecule has 1 aliphatic rings.